The highest BCUT2D eigenvalue weighted by atomic mass is 32.1. The number of anilines is 1. The van der Waals surface area contributed by atoms with Crippen molar-refractivity contribution in [3.8, 4) is 0 Å². The zero-order valence-corrected chi connectivity index (χ0v) is 18.0. The molecule has 0 spiro atoms. The summed E-state index contributed by atoms with van der Waals surface area (Å²) < 4.78 is 0. The summed E-state index contributed by atoms with van der Waals surface area (Å²) >= 11 is 1.73. The predicted molar refractivity (Wildman–Crippen MR) is 122 cm³/mol. The zero-order chi connectivity index (χ0) is 20.2. The number of carbonyl (C=O) groups is 1. The molecule has 3 aromatic rings. The molecule has 1 aliphatic carbocycles. The number of rotatable bonds is 5. The van der Waals surface area contributed by atoms with Crippen molar-refractivity contribution >= 4 is 23.1 Å². The molecule has 1 heterocycles. The van der Waals surface area contributed by atoms with E-state index < -0.39 is 0 Å². The Kier molecular flexibility index (Phi) is 6.00. The quantitative estimate of drug-likeness (QED) is 0.502. The Balaban J connectivity index is 1.63. The minimum atomic E-state index is -0.0243. The van der Waals surface area contributed by atoms with E-state index in [1.165, 1.54) is 27.1 Å². The van der Waals surface area contributed by atoms with Gasteiger partial charge in [0, 0.05) is 10.6 Å². The number of benzene rings is 2. The van der Waals surface area contributed by atoms with Crippen LogP contribution in [0.3, 0.4) is 0 Å². The average molecular weight is 405 g/mol. The molecule has 1 aromatic heterocycles. The topological polar surface area (TPSA) is 32.3 Å². The maximum atomic E-state index is 13.4. The first-order valence-corrected chi connectivity index (χ1v) is 11.3. The lowest BCUT2D eigenvalue weighted by Gasteiger charge is -2.36. The van der Waals surface area contributed by atoms with Crippen molar-refractivity contribution in [3.05, 3.63) is 87.1 Å². The van der Waals surface area contributed by atoms with Gasteiger partial charge in [0.2, 0.25) is 0 Å². The lowest BCUT2D eigenvalue weighted by Crippen LogP contribution is -2.39. The summed E-state index contributed by atoms with van der Waals surface area (Å²) in [5, 5.41) is 5.26. The molecule has 0 saturated heterocycles. The standard InChI is InChI=1S/C25H28N2OS/c1-3-19-11-13-21(14-12-19)26-25(28)27(17-24-18(2)15-16-29-24)23-10-6-8-20-7-4-5-9-22(20)23/h4-5,7,9,11-16,23H,3,6,8,10,17H2,1-2H3,(H,26,28). The number of carbonyl (C=O) groups excluding carboxylic acids is 1. The number of nitrogens with one attached hydrogen (secondary N) is 1. The molecular formula is C25H28N2OS. The van der Waals surface area contributed by atoms with Gasteiger partial charge < -0.3 is 10.2 Å². The molecule has 1 atom stereocenters. The van der Waals surface area contributed by atoms with Crippen LogP contribution in [0.1, 0.15) is 52.9 Å². The van der Waals surface area contributed by atoms with Crippen molar-refractivity contribution in [1.29, 1.82) is 0 Å². The summed E-state index contributed by atoms with van der Waals surface area (Å²) in [4.78, 5) is 16.7. The van der Waals surface area contributed by atoms with Gasteiger partial charge in [0.1, 0.15) is 0 Å². The van der Waals surface area contributed by atoms with Gasteiger partial charge in [-0.2, -0.15) is 0 Å². The summed E-state index contributed by atoms with van der Waals surface area (Å²) in [5.74, 6) is 0. The molecule has 0 saturated carbocycles. The van der Waals surface area contributed by atoms with E-state index in [0.717, 1.165) is 31.4 Å². The third kappa shape index (κ3) is 4.38. The first kappa shape index (κ1) is 19.7. The summed E-state index contributed by atoms with van der Waals surface area (Å²) in [5.41, 5.74) is 6.05. The number of hydrogen-bond acceptors (Lipinski definition) is 2. The van der Waals surface area contributed by atoms with Crippen LogP contribution in [0, 0.1) is 6.92 Å². The highest BCUT2D eigenvalue weighted by Gasteiger charge is 2.30. The number of fused-ring (bicyclic) bond motifs is 1. The van der Waals surface area contributed by atoms with Gasteiger partial charge in [0.25, 0.3) is 0 Å². The molecule has 2 amide bonds. The summed E-state index contributed by atoms with van der Waals surface area (Å²) in [7, 11) is 0. The Bertz CT molecular complexity index is 976. The summed E-state index contributed by atoms with van der Waals surface area (Å²) in [6, 6.07) is 19.0. The molecule has 2 aromatic carbocycles. The summed E-state index contributed by atoms with van der Waals surface area (Å²) in [6.07, 6.45) is 4.21. The van der Waals surface area contributed by atoms with Crippen LogP contribution in [0.4, 0.5) is 10.5 Å². The molecule has 0 aliphatic heterocycles. The Morgan fingerprint density at radius 1 is 1.14 bits per heavy atom. The fourth-order valence-corrected chi connectivity index (χ4v) is 5.02. The minimum Gasteiger partial charge on any atom is -0.312 e. The Morgan fingerprint density at radius 2 is 1.93 bits per heavy atom. The maximum Gasteiger partial charge on any atom is 0.322 e. The van der Waals surface area contributed by atoms with Crippen LogP contribution in [0.25, 0.3) is 0 Å². The van der Waals surface area contributed by atoms with Crippen molar-refractivity contribution in [2.24, 2.45) is 0 Å². The molecule has 150 valence electrons. The Morgan fingerprint density at radius 3 is 2.66 bits per heavy atom. The van der Waals surface area contributed by atoms with Gasteiger partial charge in [-0.3, -0.25) is 0 Å². The van der Waals surface area contributed by atoms with Crippen molar-refractivity contribution in [2.45, 2.75) is 52.1 Å². The van der Waals surface area contributed by atoms with Gasteiger partial charge in [-0.15, -0.1) is 11.3 Å². The number of aryl methyl sites for hydroxylation is 3. The molecule has 1 aliphatic rings. The van der Waals surface area contributed by atoms with Crippen molar-refractivity contribution in [1.82, 2.24) is 4.90 Å². The molecule has 0 radical (unpaired) electrons. The fraction of sp³-hybridized carbons (Fsp3) is 0.320. The van der Waals surface area contributed by atoms with Gasteiger partial charge in [0.05, 0.1) is 12.6 Å². The van der Waals surface area contributed by atoms with E-state index in [9.17, 15) is 4.79 Å². The number of hydrogen-bond donors (Lipinski definition) is 1. The Hall–Kier alpha value is -2.59. The van der Waals surface area contributed by atoms with Crippen LogP contribution in [-0.4, -0.2) is 10.9 Å². The minimum absolute atomic E-state index is 0.0243. The van der Waals surface area contributed by atoms with Crippen LogP contribution < -0.4 is 5.32 Å². The smallest absolute Gasteiger partial charge is 0.312 e. The molecule has 0 bridgehead atoms. The van der Waals surface area contributed by atoms with E-state index >= 15 is 0 Å². The monoisotopic (exact) mass is 404 g/mol. The maximum absolute atomic E-state index is 13.4. The van der Waals surface area contributed by atoms with E-state index in [-0.39, 0.29) is 12.1 Å². The van der Waals surface area contributed by atoms with E-state index in [1.54, 1.807) is 11.3 Å². The average Bonchev–Trinajstić information content (AvgIpc) is 3.16. The third-order valence-corrected chi connectivity index (χ3v) is 6.88. The van der Waals surface area contributed by atoms with E-state index in [1.807, 2.05) is 17.0 Å². The second-order valence-corrected chi connectivity index (χ2v) is 8.74. The van der Waals surface area contributed by atoms with Gasteiger partial charge in [-0.1, -0.05) is 43.3 Å². The van der Waals surface area contributed by atoms with Gasteiger partial charge in [-0.05, 0) is 78.4 Å². The molecule has 1 unspecified atom stereocenters. The van der Waals surface area contributed by atoms with Crippen molar-refractivity contribution in [2.75, 3.05) is 5.32 Å². The zero-order valence-electron chi connectivity index (χ0n) is 17.2. The molecule has 0 fully saturated rings. The van der Waals surface area contributed by atoms with Gasteiger partial charge >= 0.3 is 6.03 Å². The number of urea groups is 1. The van der Waals surface area contributed by atoms with Crippen LogP contribution in [0.15, 0.2) is 60.0 Å². The van der Waals surface area contributed by atoms with Gasteiger partial charge in [-0.25, -0.2) is 4.79 Å². The SMILES string of the molecule is CCc1ccc(NC(=O)N(Cc2sccc2C)C2CCCc3ccccc32)cc1. The molecule has 3 nitrogen and oxygen atoms in total. The highest BCUT2D eigenvalue weighted by Crippen LogP contribution is 2.36. The predicted octanol–water partition coefficient (Wildman–Crippen LogP) is 6.73. The van der Waals surface area contributed by atoms with Crippen LogP contribution in [-0.2, 0) is 19.4 Å². The normalized spacial score (nSPS) is 15.6. The second kappa shape index (κ2) is 8.83. The largest absolute Gasteiger partial charge is 0.322 e. The molecule has 1 N–H and O–H groups in total. The summed E-state index contributed by atoms with van der Waals surface area (Å²) in [6.45, 7) is 4.90. The number of nitrogens with zero attached hydrogens (tertiary/aromatic N) is 1. The van der Waals surface area contributed by atoms with Crippen LogP contribution in [0.5, 0.6) is 0 Å². The molecule has 4 rings (SSSR count). The third-order valence-electron chi connectivity index (χ3n) is 5.87. The van der Waals surface area contributed by atoms with Crippen LogP contribution in [0.2, 0.25) is 0 Å². The van der Waals surface area contributed by atoms with E-state index in [4.69, 9.17) is 0 Å². The molecule has 4 heteroatoms. The highest BCUT2D eigenvalue weighted by molar-refractivity contribution is 7.10. The first-order chi connectivity index (χ1) is 14.2. The van der Waals surface area contributed by atoms with E-state index in [0.29, 0.717) is 6.54 Å². The number of thiophene rings is 1. The fourth-order valence-electron chi connectivity index (χ4n) is 4.12. The van der Waals surface area contributed by atoms with Gasteiger partial charge in [0.15, 0.2) is 0 Å². The van der Waals surface area contributed by atoms with Crippen LogP contribution >= 0.6 is 11.3 Å². The Labute approximate surface area is 177 Å². The second-order valence-electron chi connectivity index (χ2n) is 7.74. The van der Waals surface area contributed by atoms with E-state index in [2.05, 4.69) is 67.0 Å². The molecule has 29 heavy (non-hydrogen) atoms. The van der Waals surface area contributed by atoms with Crippen molar-refractivity contribution in [3.63, 3.8) is 0 Å². The van der Waals surface area contributed by atoms with Crippen molar-refractivity contribution < 1.29 is 4.79 Å². The number of amides is 2. The lowest BCUT2D eigenvalue weighted by molar-refractivity contribution is 0.176. The first-order valence-electron chi connectivity index (χ1n) is 10.4. The molecular weight excluding hydrogens is 376 g/mol. The lowest BCUT2D eigenvalue weighted by atomic mass is 9.87.